The predicted molar refractivity (Wildman–Crippen MR) is 88.2 cm³/mol. The first-order chi connectivity index (χ1) is 12.0. The molecule has 1 aliphatic rings. The standard InChI is InChI=1S/C18H19FN2O4/c1-24-16-9-13(5-7-20-16)17(22)21-8-6-18(23,11-21)12-25-15-4-2-3-14(19)10-15/h2-5,7,9-10,23H,6,8,11-12H2,1H3/t18-/m0/s1. The number of rotatable bonds is 5. The Kier molecular flexibility index (Phi) is 4.85. The number of halogens is 1. The molecule has 1 aromatic heterocycles. The Morgan fingerprint density at radius 2 is 2.24 bits per heavy atom. The van der Waals surface area contributed by atoms with Crippen molar-refractivity contribution in [3.63, 3.8) is 0 Å². The lowest BCUT2D eigenvalue weighted by Crippen LogP contribution is -2.40. The SMILES string of the molecule is COc1cc(C(=O)N2CC[C@@](O)(COc3cccc(F)c3)C2)ccn1. The summed E-state index contributed by atoms with van der Waals surface area (Å²) >= 11 is 0. The molecule has 25 heavy (non-hydrogen) atoms. The highest BCUT2D eigenvalue weighted by atomic mass is 19.1. The van der Waals surface area contributed by atoms with Gasteiger partial charge in [-0.05, 0) is 24.6 Å². The Bertz CT molecular complexity index is 770. The van der Waals surface area contributed by atoms with Crippen molar-refractivity contribution in [1.82, 2.24) is 9.88 Å². The molecule has 1 N–H and O–H groups in total. The van der Waals surface area contributed by atoms with Gasteiger partial charge < -0.3 is 19.5 Å². The molecule has 1 amide bonds. The molecule has 0 aliphatic carbocycles. The van der Waals surface area contributed by atoms with Gasteiger partial charge in [0.05, 0.1) is 13.7 Å². The van der Waals surface area contributed by atoms with E-state index >= 15 is 0 Å². The summed E-state index contributed by atoms with van der Waals surface area (Å²) in [6, 6.07) is 8.89. The first-order valence-electron chi connectivity index (χ1n) is 7.89. The zero-order valence-corrected chi connectivity index (χ0v) is 13.8. The maximum atomic E-state index is 13.2. The van der Waals surface area contributed by atoms with Gasteiger partial charge in [-0.2, -0.15) is 0 Å². The number of hydrogen-bond acceptors (Lipinski definition) is 5. The summed E-state index contributed by atoms with van der Waals surface area (Å²) in [6.45, 7) is 0.540. The minimum atomic E-state index is -1.17. The molecule has 0 radical (unpaired) electrons. The number of β-amino-alcohol motifs (C(OH)–C–C–N with tert-alkyl or cyclic N) is 1. The van der Waals surface area contributed by atoms with Gasteiger partial charge in [-0.3, -0.25) is 4.79 Å². The fourth-order valence-corrected chi connectivity index (χ4v) is 2.76. The second kappa shape index (κ2) is 7.06. The van der Waals surface area contributed by atoms with Crippen molar-refractivity contribution in [1.29, 1.82) is 0 Å². The topological polar surface area (TPSA) is 71.9 Å². The summed E-state index contributed by atoms with van der Waals surface area (Å²) in [5.74, 6) is 0.0912. The zero-order chi connectivity index (χ0) is 17.9. The molecule has 2 heterocycles. The first kappa shape index (κ1) is 17.2. The first-order valence-corrected chi connectivity index (χ1v) is 7.89. The van der Waals surface area contributed by atoms with Crippen molar-refractivity contribution in [2.24, 2.45) is 0 Å². The van der Waals surface area contributed by atoms with Crippen molar-refractivity contribution in [3.8, 4) is 11.6 Å². The van der Waals surface area contributed by atoms with Crippen molar-refractivity contribution in [2.75, 3.05) is 26.8 Å². The molecule has 6 nitrogen and oxygen atoms in total. The van der Waals surface area contributed by atoms with Gasteiger partial charge in [0.1, 0.15) is 23.8 Å². The van der Waals surface area contributed by atoms with E-state index in [4.69, 9.17) is 9.47 Å². The third kappa shape index (κ3) is 4.06. The molecule has 1 saturated heterocycles. The van der Waals surface area contributed by atoms with Crippen LogP contribution in [0.1, 0.15) is 16.8 Å². The summed E-state index contributed by atoms with van der Waals surface area (Å²) < 4.78 is 23.7. The fraction of sp³-hybridized carbons (Fsp3) is 0.333. The van der Waals surface area contributed by atoms with Crippen molar-refractivity contribution in [3.05, 3.63) is 54.0 Å². The monoisotopic (exact) mass is 346 g/mol. The number of benzene rings is 1. The van der Waals surface area contributed by atoms with E-state index in [-0.39, 0.29) is 19.1 Å². The van der Waals surface area contributed by atoms with E-state index in [9.17, 15) is 14.3 Å². The van der Waals surface area contributed by atoms with Gasteiger partial charge in [0.2, 0.25) is 5.88 Å². The molecular formula is C18H19FN2O4. The lowest BCUT2D eigenvalue weighted by molar-refractivity contribution is 0.00422. The van der Waals surface area contributed by atoms with Crippen LogP contribution < -0.4 is 9.47 Å². The number of aliphatic hydroxyl groups is 1. The number of methoxy groups -OCH3 is 1. The molecule has 2 aromatic rings. The van der Waals surface area contributed by atoms with Crippen molar-refractivity contribution >= 4 is 5.91 Å². The summed E-state index contributed by atoms with van der Waals surface area (Å²) in [7, 11) is 1.48. The van der Waals surface area contributed by atoms with Gasteiger partial charge >= 0.3 is 0 Å². The number of ether oxygens (including phenoxy) is 2. The van der Waals surface area contributed by atoms with Gasteiger partial charge in [0.15, 0.2) is 0 Å². The Labute approximate surface area is 144 Å². The molecule has 0 unspecified atom stereocenters. The molecule has 132 valence electrons. The molecule has 1 fully saturated rings. The Morgan fingerprint density at radius 3 is 3.00 bits per heavy atom. The van der Waals surface area contributed by atoms with Crippen LogP contribution in [0.15, 0.2) is 42.6 Å². The normalized spacial score (nSPS) is 19.7. The van der Waals surface area contributed by atoms with Gasteiger partial charge in [-0.15, -0.1) is 0 Å². The van der Waals surface area contributed by atoms with Crippen LogP contribution in [-0.4, -0.2) is 53.3 Å². The average Bonchev–Trinajstić information content (AvgIpc) is 3.02. The highest BCUT2D eigenvalue weighted by Crippen LogP contribution is 2.25. The van der Waals surface area contributed by atoms with Gasteiger partial charge in [0, 0.05) is 30.4 Å². The number of nitrogens with zero attached hydrogens (tertiary/aromatic N) is 2. The minimum absolute atomic E-state index is 0.0140. The van der Waals surface area contributed by atoms with E-state index in [1.807, 2.05) is 0 Å². The van der Waals surface area contributed by atoms with E-state index in [2.05, 4.69) is 4.98 Å². The summed E-state index contributed by atoms with van der Waals surface area (Å²) in [6.07, 6.45) is 1.89. The van der Waals surface area contributed by atoms with E-state index in [1.165, 1.54) is 31.5 Å². The third-order valence-corrected chi connectivity index (χ3v) is 4.11. The molecule has 0 bridgehead atoms. The Hall–Kier alpha value is -2.67. The van der Waals surface area contributed by atoms with Crippen LogP contribution in [-0.2, 0) is 0 Å². The van der Waals surface area contributed by atoms with Gasteiger partial charge in [0.25, 0.3) is 5.91 Å². The van der Waals surface area contributed by atoms with E-state index in [1.54, 1.807) is 23.1 Å². The smallest absolute Gasteiger partial charge is 0.254 e. The summed E-state index contributed by atoms with van der Waals surface area (Å²) in [5.41, 5.74) is -0.721. The van der Waals surface area contributed by atoms with Crippen LogP contribution in [0.2, 0.25) is 0 Å². The number of likely N-dealkylation sites (tertiary alicyclic amines) is 1. The predicted octanol–water partition coefficient (Wildman–Crippen LogP) is 1.89. The van der Waals surface area contributed by atoms with Crippen LogP contribution in [0.25, 0.3) is 0 Å². The largest absolute Gasteiger partial charge is 0.490 e. The highest BCUT2D eigenvalue weighted by Gasteiger charge is 2.39. The lowest BCUT2D eigenvalue weighted by atomic mass is 10.1. The maximum absolute atomic E-state index is 13.2. The number of pyridine rings is 1. The molecular weight excluding hydrogens is 327 g/mol. The molecule has 1 aliphatic heterocycles. The average molecular weight is 346 g/mol. The molecule has 0 spiro atoms. The fourth-order valence-electron chi connectivity index (χ4n) is 2.76. The molecule has 1 aromatic carbocycles. The Balaban J connectivity index is 1.62. The number of aromatic nitrogens is 1. The van der Waals surface area contributed by atoms with Gasteiger partial charge in [-0.25, -0.2) is 9.37 Å². The van der Waals surface area contributed by atoms with Crippen molar-refractivity contribution < 1.29 is 23.8 Å². The number of carbonyl (C=O) groups excluding carboxylic acids is 1. The quantitative estimate of drug-likeness (QED) is 0.895. The van der Waals surface area contributed by atoms with E-state index < -0.39 is 11.4 Å². The summed E-state index contributed by atoms with van der Waals surface area (Å²) in [4.78, 5) is 18.1. The van der Waals surface area contributed by atoms with Crippen LogP contribution in [0.5, 0.6) is 11.6 Å². The van der Waals surface area contributed by atoms with Crippen LogP contribution >= 0.6 is 0 Å². The van der Waals surface area contributed by atoms with Crippen LogP contribution in [0.3, 0.4) is 0 Å². The van der Waals surface area contributed by atoms with Crippen LogP contribution in [0.4, 0.5) is 4.39 Å². The minimum Gasteiger partial charge on any atom is -0.490 e. The summed E-state index contributed by atoms with van der Waals surface area (Å²) in [5, 5.41) is 10.6. The Morgan fingerprint density at radius 1 is 1.40 bits per heavy atom. The van der Waals surface area contributed by atoms with E-state index in [0.29, 0.717) is 30.2 Å². The second-order valence-electron chi connectivity index (χ2n) is 6.03. The third-order valence-electron chi connectivity index (χ3n) is 4.11. The number of amides is 1. The highest BCUT2D eigenvalue weighted by molar-refractivity contribution is 5.94. The second-order valence-corrected chi connectivity index (χ2v) is 6.03. The number of carbonyl (C=O) groups is 1. The molecule has 0 saturated carbocycles. The number of hydrogen-bond donors (Lipinski definition) is 1. The maximum Gasteiger partial charge on any atom is 0.254 e. The zero-order valence-electron chi connectivity index (χ0n) is 13.8. The van der Waals surface area contributed by atoms with Crippen molar-refractivity contribution in [2.45, 2.75) is 12.0 Å². The van der Waals surface area contributed by atoms with Gasteiger partial charge in [-0.1, -0.05) is 6.07 Å². The van der Waals surface area contributed by atoms with E-state index in [0.717, 1.165) is 0 Å². The van der Waals surface area contributed by atoms with Crippen LogP contribution in [0, 0.1) is 5.82 Å². The molecule has 3 rings (SSSR count). The molecule has 1 atom stereocenters. The lowest BCUT2D eigenvalue weighted by Gasteiger charge is -2.23. The molecule has 7 heteroatoms.